The third-order valence-corrected chi connectivity index (χ3v) is 5.91. The van der Waals surface area contributed by atoms with Gasteiger partial charge in [-0.25, -0.2) is 9.18 Å². The Bertz CT molecular complexity index is 1430. The largest absolute Gasteiger partial charge is 0.332 e. The fourth-order valence-corrected chi connectivity index (χ4v) is 4.30. The molecular formula is C23H22FN5O2. The Labute approximate surface area is 177 Å². The first-order valence-corrected chi connectivity index (χ1v) is 10.2. The fourth-order valence-electron chi connectivity index (χ4n) is 4.30. The molecule has 7 nitrogen and oxygen atoms in total. The molecule has 0 aliphatic carbocycles. The lowest BCUT2D eigenvalue weighted by atomic mass is 10.1. The molecule has 0 fully saturated rings. The number of imidazole rings is 1. The Hall–Kier alpha value is -3.68. The summed E-state index contributed by atoms with van der Waals surface area (Å²) in [6.45, 7) is 3.30. The maximum Gasteiger partial charge on any atom is 0.332 e. The van der Waals surface area contributed by atoms with E-state index in [1.165, 1.54) is 10.6 Å². The Kier molecular flexibility index (Phi) is 4.50. The topological polar surface area (TPSA) is 65.1 Å². The van der Waals surface area contributed by atoms with Crippen molar-refractivity contribution in [3.05, 3.63) is 86.3 Å². The molecule has 0 N–H and O–H groups in total. The molecule has 1 aliphatic heterocycles. The van der Waals surface area contributed by atoms with Gasteiger partial charge in [-0.2, -0.15) is 4.98 Å². The standard InChI is InChI=1S/C23H22FN5O2/c1-15-8-3-6-11-18(15)27-12-7-13-28-19-20(25-22(27)28)26(2)23(31)29(21(19)30)14-16-9-4-5-10-17(16)24/h3-6,8-11H,7,12-14H2,1-2H3. The van der Waals surface area contributed by atoms with Crippen LogP contribution in [-0.2, 0) is 20.1 Å². The summed E-state index contributed by atoms with van der Waals surface area (Å²) in [4.78, 5) is 33.2. The number of para-hydroxylation sites is 1. The number of rotatable bonds is 3. The number of fused-ring (bicyclic) bond motifs is 3. The molecule has 0 saturated heterocycles. The van der Waals surface area contributed by atoms with Crippen molar-refractivity contribution in [2.45, 2.75) is 26.4 Å². The van der Waals surface area contributed by atoms with Gasteiger partial charge in [0.15, 0.2) is 11.2 Å². The van der Waals surface area contributed by atoms with Gasteiger partial charge in [-0.05, 0) is 31.0 Å². The van der Waals surface area contributed by atoms with Crippen LogP contribution in [0.5, 0.6) is 0 Å². The Balaban J connectivity index is 1.73. The molecule has 0 amide bonds. The molecule has 31 heavy (non-hydrogen) atoms. The highest BCUT2D eigenvalue weighted by Crippen LogP contribution is 2.32. The van der Waals surface area contributed by atoms with E-state index in [4.69, 9.17) is 4.98 Å². The van der Waals surface area contributed by atoms with Crippen molar-refractivity contribution in [1.29, 1.82) is 0 Å². The molecule has 5 rings (SSSR count). The number of hydrogen-bond donors (Lipinski definition) is 0. The van der Waals surface area contributed by atoms with Crippen LogP contribution in [0.2, 0.25) is 0 Å². The van der Waals surface area contributed by atoms with Crippen LogP contribution in [0.1, 0.15) is 17.5 Å². The zero-order valence-corrected chi connectivity index (χ0v) is 17.4. The summed E-state index contributed by atoms with van der Waals surface area (Å²) in [6, 6.07) is 14.2. The number of nitrogens with zero attached hydrogens (tertiary/aromatic N) is 5. The summed E-state index contributed by atoms with van der Waals surface area (Å²) in [6.07, 6.45) is 0.836. The van der Waals surface area contributed by atoms with Crippen LogP contribution >= 0.6 is 0 Å². The van der Waals surface area contributed by atoms with E-state index in [1.807, 2.05) is 35.8 Å². The van der Waals surface area contributed by atoms with Crippen LogP contribution in [0.15, 0.2) is 58.1 Å². The Morgan fingerprint density at radius 3 is 2.55 bits per heavy atom. The van der Waals surface area contributed by atoms with Crippen molar-refractivity contribution in [2.75, 3.05) is 11.4 Å². The van der Waals surface area contributed by atoms with Crippen LogP contribution in [-0.4, -0.2) is 25.2 Å². The molecule has 2 aromatic heterocycles. The van der Waals surface area contributed by atoms with Gasteiger partial charge in [-0.3, -0.25) is 13.9 Å². The van der Waals surface area contributed by atoms with Crippen LogP contribution in [0.25, 0.3) is 11.2 Å². The maximum absolute atomic E-state index is 14.2. The van der Waals surface area contributed by atoms with Crippen molar-refractivity contribution in [1.82, 2.24) is 18.7 Å². The summed E-state index contributed by atoms with van der Waals surface area (Å²) < 4.78 is 18.5. The van der Waals surface area contributed by atoms with Gasteiger partial charge in [0.1, 0.15) is 5.82 Å². The van der Waals surface area contributed by atoms with E-state index < -0.39 is 17.1 Å². The molecule has 0 atom stereocenters. The summed E-state index contributed by atoms with van der Waals surface area (Å²) in [7, 11) is 1.60. The molecule has 4 aromatic rings. The summed E-state index contributed by atoms with van der Waals surface area (Å²) in [5, 5.41) is 0. The van der Waals surface area contributed by atoms with E-state index in [1.54, 1.807) is 25.2 Å². The molecule has 0 saturated carbocycles. The third-order valence-electron chi connectivity index (χ3n) is 5.91. The average molecular weight is 419 g/mol. The van der Waals surface area contributed by atoms with Crippen molar-refractivity contribution in [3.8, 4) is 0 Å². The molecular weight excluding hydrogens is 397 g/mol. The van der Waals surface area contributed by atoms with E-state index in [0.29, 0.717) is 29.2 Å². The number of aromatic nitrogens is 4. The van der Waals surface area contributed by atoms with Gasteiger partial charge in [-0.15, -0.1) is 0 Å². The minimum Gasteiger partial charge on any atom is -0.312 e. The minimum atomic E-state index is -0.515. The Morgan fingerprint density at radius 1 is 1.03 bits per heavy atom. The van der Waals surface area contributed by atoms with Gasteiger partial charge in [0.05, 0.1) is 6.54 Å². The van der Waals surface area contributed by atoms with Gasteiger partial charge < -0.3 is 9.47 Å². The van der Waals surface area contributed by atoms with Crippen LogP contribution in [0.4, 0.5) is 16.0 Å². The van der Waals surface area contributed by atoms with Gasteiger partial charge in [0, 0.05) is 31.4 Å². The fraction of sp³-hybridized carbons (Fsp3) is 0.261. The molecule has 3 heterocycles. The minimum absolute atomic E-state index is 0.129. The SMILES string of the molecule is Cc1ccccc1N1CCCn2c1nc1c2c(=O)n(Cc2ccccc2F)c(=O)n1C. The van der Waals surface area contributed by atoms with E-state index in [0.717, 1.165) is 28.8 Å². The Morgan fingerprint density at radius 2 is 1.77 bits per heavy atom. The third kappa shape index (κ3) is 2.98. The number of hydrogen-bond acceptors (Lipinski definition) is 4. The number of halogens is 1. The predicted molar refractivity (Wildman–Crippen MR) is 118 cm³/mol. The lowest BCUT2D eigenvalue weighted by Gasteiger charge is -2.30. The summed E-state index contributed by atoms with van der Waals surface area (Å²) in [5.74, 6) is 0.198. The number of aryl methyl sites for hydroxylation is 3. The van der Waals surface area contributed by atoms with Gasteiger partial charge in [-0.1, -0.05) is 36.4 Å². The van der Waals surface area contributed by atoms with Gasteiger partial charge in [0.25, 0.3) is 5.56 Å². The molecule has 8 heteroatoms. The monoisotopic (exact) mass is 419 g/mol. The highest BCUT2D eigenvalue weighted by molar-refractivity contribution is 5.77. The molecule has 0 radical (unpaired) electrons. The second-order valence-corrected chi connectivity index (χ2v) is 7.85. The number of benzene rings is 2. The second-order valence-electron chi connectivity index (χ2n) is 7.85. The van der Waals surface area contributed by atoms with Crippen molar-refractivity contribution >= 4 is 22.8 Å². The summed E-state index contributed by atoms with van der Waals surface area (Å²) in [5.41, 5.74) is 2.16. The normalized spacial score (nSPS) is 13.6. The van der Waals surface area contributed by atoms with Crippen LogP contribution < -0.4 is 16.1 Å². The molecule has 2 aromatic carbocycles. The van der Waals surface area contributed by atoms with E-state index in [-0.39, 0.29) is 6.54 Å². The molecule has 0 spiro atoms. The molecule has 158 valence electrons. The average Bonchev–Trinajstić information content (AvgIpc) is 3.17. The summed E-state index contributed by atoms with van der Waals surface area (Å²) >= 11 is 0. The first kappa shape index (κ1) is 19.3. The second kappa shape index (κ2) is 7.23. The van der Waals surface area contributed by atoms with E-state index in [9.17, 15) is 14.0 Å². The zero-order chi connectivity index (χ0) is 21.7. The van der Waals surface area contributed by atoms with Crippen LogP contribution in [0.3, 0.4) is 0 Å². The first-order valence-electron chi connectivity index (χ1n) is 10.2. The van der Waals surface area contributed by atoms with Crippen molar-refractivity contribution < 1.29 is 4.39 Å². The first-order chi connectivity index (χ1) is 15.0. The lowest BCUT2D eigenvalue weighted by Crippen LogP contribution is -2.40. The smallest absolute Gasteiger partial charge is 0.312 e. The van der Waals surface area contributed by atoms with Gasteiger partial charge >= 0.3 is 5.69 Å². The zero-order valence-electron chi connectivity index (χ0n) is 17.4. The van der Waals surface area contributed by atoms with Crippen molar-refractivity contribution in [3.63, 3.8) is 0 Å². The van der Waals surface area contributed by atoms with Crippen molar-refractivity contribution in [2.24, 2.45) is 7.05 Å². The quantitative estimate of drug-likeness (QED) is 0.512. The van der Waals surface area contributed by atoms with Crippen LogP contribution in [0, 0.1) is 12.7 Å². The number of anilines is 2. The lowest BCUT2D eigenvalue weighted by molar-refractivity contribution is 0.577. The predicted octanol–water partition coefficient (Wildman–Crippen LogP) is 2.93. The van der Waals surface area contributed by atoms with E-state index in [2.05, 4.69) is 4.90 Å². The highest BCUT2D eigenvalue weighted by Gasteiger charge is 2.27. The van der Waals surface area contributed by atoms with E-state index >= 15 is 0 Å². The molecule has 0 bridgehead atoms. The highest BCUT2D eigenvalue weighted by atomic mass is 19.1. The maximum atomic E-state index is 14.2. The molecule has 1 aliphatic rings. The molecule has 0 unspecified atom stereocenters. The van der Waals surface area contributed by atoms with Gasteiger partial charge in [0.2, 0.25) is 5.95 Å².